The Morgan fingerprint density at radius 1 is 0.964 bits per heavy atom. The summed E-state index contributed by atoms with van der Waals surface area (Å²) in [7, 11) is 0. The van der Waals surface area contributed by atoms with Gasteiger partial charge in [0.15, 0.2) is 0 Å². The first-order valence-corrected chi connectivity index (χ1v) is 10.6. The molecule has 0 aromatic heterocycles. The van der Waals surface area contributed by atoms with Crippen molar-refractivity contribution in [3.63, 3.8) is 0 Å². The van der Waals surface area contributed by atoms with Gasteiger partial charge < -0.3 is 15.0 Å². The number of hydrogen-bond acceptors (Lipinski definition) is 5. The average Bonchev–Trinajstić information content (AvgIpc) is 3.25. The molecule has 0 unspecified atom stereocenters. The van der Waals surface area contributed by atoms with Gasteiger partial charge in [-0.2, -0.15) is 0 Å². The predicted octanol–water partition coefficient (Wildman–Crippen LogP) is 2.23. The van der Waals surface area contributed by atoms with Gasteiger partial charge in [0.2, 0.25) is 5.91 Å². The van der Waals surface area contributed by atoms with Crippen LogP contribution in [-0.4, -0.2) is 71.2 Å². The van der Waals surface area contributed by atoms with Crippen LogP contribution in [0.25, 0.3) is 0 Å². The van der Waals surface area contributed by atoms with Crippen LogP contribution in [0.4, 0.5) is 9.59 Å². The second-order valence-corrected chi connectivity index (χ2v) is 9.21. The van der Waals surface area contributed by atoms with Crippen LogP contribution in [0.2, 0.25) is 0 Å². The number of nitrogens with zero attached hydrogens (tertiary/aromatic N) is 2. The van der Waals surface area contributed by atoms with Crippen LogP contribution in [0, 0.1) is 0 Å². The summed E-state index contributed by atoms with van der Waals surface area (Å²) in [5.74, 6) is -0.285. The second-order valence-electron chi connectivity index (χ2n) is 9.21. The molecule has 8 nitrogen and oxygen atoms in total. The largest absolute Gasteiger partial charge is 0.444 e. The number of urea groups is 1. The maximum atomic E-state index is 12.6. The minimum Gasteiger partial charge on any atom is -0.444 e. The fourth-order valence-electron chi connectivity index (χ4n) is 4.19. The molecular formula is C20H34N4O4. The van der Waals surface area contributed by atoms with Gasteiger partial charge in [0.1, 0.15) is 5.60 Å². The van der Waals surface area contributed by atoms with Crippen molar-refractivity contribution in [2.24, 2.45) is 0 Å². The lowest BCUT2D eigenvalue weighted by Crippen LogP contribution is -2.56. The Balaban J connectivity index is 1.59. The lowest BCUT2D eigenvalue weighted by molar-refractivity contribution is -0.122. The molecule has 0 spiro atoms. The fraction of sp³-hybridized carbons (Fsp3) is 0.850. The van der Waals surface area contributed by atoms with Crippen molar-refractivity contribution in [1.82, 2.24) is 20.4 Å². The first kappa shape index (κ1) is 20.9. The van der Waals surface area contributed by atoms with E-state index in [1.54, 1.807) is 0 Å². The standard InChI is InChI=1S/C20H34N4O4/c1-20(2,3)28-19(27)24-12-6-8-16(24)15-7-4-5-11-23(15)13-17(25)22-18(26)21-14-9-10-14/h14-16H,4-13H2,1-3H3,(H2,21,22,25,26)/t15-,16+/m1/s1. The summed E-state index contributed by atoms with van der Waals surface area (Å²) in [5, 5.41) is 5.21. The quantitative estimate of drug-likeness (QED) is 0.763. The number of nitrogens with one attached hydrogen (secondary N) is 2. The SMILES string of the molecule is CC(C)(C)OC(=O)N1CCC[C@H]1[C@H]1CCCCN1CC(=O)NC(=O)NC1CC1. The summed E-state index contributed by atoms with van der Waals surface area (Å²) in [6, 6.07) is -0.00188. The van der Waals surface area contributed by atoms with E-state index in [4.69, 9.17) is 4.74 Å². The summed E-state index contributed by atoms with van der Waals surface area (Å²) in [4.78, 5) is 40.8. The van der Waals surface area contributed by atoms with E-state index in [-0.39, 0.29) is 36.7 Å². The van der Waals surface area contributed by atoms with E-state index in [0.29, 0.717) is 6.54 Å². The topological polar surface area (TPSA) is 91.0 Å². The summed E-state index contributed by atoms with van der Waals surface area (Å²) in [5.41, 5.74) is -0.523. The third-order valence-electron chi connectivity index (χ3n) is 5.55. The van der Waals surface area contributed by atoms with Gasteiger partial charge in [-0.25, -0.2) is 9.59 Å². The molecule has 1 saturated carbocycles. The van der Waals surface area contributed by atoms with E-state index in [1.165, 1.54) is 0 Å². The van der Waals surface area contributed by atoms with Crippen molar-refractivity contribution in [2.75, 3.05) is 19.6 Å². The minimum absolute atomic E-state index is 0.0586. The van der Waals surface area contributed by atoms with Gasteiger partial charge in [0.25, 0.3) is 0 Å². The van der Waals surface area contributed by atoms with Gasteiger partial charge in [0.05, 0.1) is 12.6 Å². The minimum atomic E-state index is -0.523. The Morgan fingerprint density at radius 2 is 1.68 bits per heavy atom. The molecule has 158 valence electrons. The lowest BCUT2D eigenvalue weighted by Gasteiger charge is -2.42. The van der Waals surface area contributed by atoms with Gasteiger partial charge >= 0.3 is 12.1 Å². The number of hydrogen-bond donors (Lipinski definition) is 2. The Morgan fingerprint density at radius 3 is 2.36 bits per heavy atom. The van der Waals surface area contributed by atoms with Crippen molar-refractivity contribution in [3.8, 4) is 0 Å². The van der Waals surface area contributed by atoms with E-state index in [2.05, 4.69) is 15.5 Å². The maximum Gasteiger partial charge on any atom is 0.410 e. The van der Waals surface area contributed by atoms with Crippen molar-refractivity contribution in [2.45, 2.75) is 89.4 Å². The van der Waals surface area contributed by atoms with E-state index >= 15 is 0 Å². The first-order valence-electron chi connectivity index (χ1n) is 10.6. The van der Waals surface area contributed by atoms with Gasteiger partial charge in [-0.1, -0.05) is 6.42 Å². The molecule has 28 heavy (non-hydrogen) atoms. The van der Waals surface area contributed by atoms with Crippen LogP contribution in [0.3, 0.4) is 0 Å². The molecular weight excluding hydrogens is 360 g/mol. The molecule has 4 amide bonds. The van der Waals surface area contributed by atoms with Gasteiger partial charge in [-0.15, -0.1) is 0 Å². The Kier molecular flexibility index (Phi) is 6.47. The molecule has 2 saturated heterocycles. The molecule has 2 N–H and O–H groups in total. The first-order chi connectivity index (χ1) is 13.2. The van der Waals surface area contributed by atoms with Crippen molar-refractivity contribution >= 4 is 18.0 Å². The highest BCUT2D eigenvalue weighted by Crippen LogP contribution is 2.30. The van der Waals surface area contributed by atoms with Crippen molar-refractivity contribution in [1.29, 1.82) is 0 Å². The van der Waals surface area contributed by atoms with E-state index < -0.39 is 11.6 Å². The summed E-state index contributed by atoms with van der Waals surface area (Å²) < 4.78 is 5.59. The van der Waals surface area contributed by atoms with E-state index in [1.807, 2.05) is 25.7 Å². The number of carbonyl (C=O) groups is 3. The highest BCUT2D eigenvalue weighted by molar-refractivity contribution is 5.95. The third kappa shape index (κ3) is 5.83. The zero-order valence-electron chi connectivity index (χ0n) is 17.3. The maximum absolute atomic E-state index is 12.6. The van der Waals surface area contributed by atoms with E-state index in [9.17, 15) is 14.4 Å². The lowest BCUT2D eigenvalue weighted by atomic mass is 9.94. The highest BCUT2D eigenvalue weighted by Gasteiger charge is 2.40. The number of imide groups is 1. The molecule has 3 fully saturated rings. The smallest absolute Gasteiger partial charge is 0.410 e. The number of carbonyl (C=O) groups excluding carboxylic acids is 3. The number of rotatable bonds is 4. The monoisotopic (exact) mass is 394 g/mol. The van der Waals surface area contributed by atoms with Crippen molar-refractivity contribution in [3.05, 3.63) is 0 Å². The summed E-state index contributed by atoms with van der Waals surface area (Å²) >= 11 is 0. The zero-order valence-corrected chi connectivity index (χ0v) is 17.3. The molecule has 0 bridgehead atoms. The Bertz CT molecular complexity index is 600. The van der Waals surface area contributed by atoms with Crippen LogP contribution in [0.5, 0.6) is 0 Å². The molecule has 0 radical (unpaired) electrons. The van der Waals surface area contributed by atoms with Crippen LogP contribution >= 0.6 is 0 Å². The summed E-state index contributed by atoms with van der Waals surface area (Å²) in [6.45, 7) is 7.31. The van der Waals surface area contributed by atoms with Gasteiger partial charge in [-0.3, -0.25) is 15.0 Å². The number of ether oxygens (including phenoxy) is 1. The molecule has 3 aliphatic rings. The molecule has 8 heteroatoms. The van der Waals surface area contributed by atoms with Crippen LogP contribution in [0.1, 0.15) is 65.7 Å². The zero-order chi connectivity index (χ0) is 20.3. The number of amides is 4. The predicted molar refractivity (Wildman–Crippen MR) is 105 cm³/mol. The Hall–Kier alpha value is -1.83. The normalized spacial score (nSPS) is 26.0. The number of piperidine rings is 1. The van der Waals surface area contributed by atoms with Gasteiger partial charge in [0, 0.05) is 18.6 Å². The average molecular weight is 395 g/mol. The molecule has 3 rings (SSSR count). The summed E-state index contributed by atoms with van der Waals surface area (Å²) in [6.07, 6.45) is 6.63. The van der Waals surface area contributed by atoms with Gasteiger partial charge in [-0.05, 0) is 65.8 Å². The molecule has 0 aromatic carbocycles. The molecule has 2 heterocycles. The molecule has 1 aliphatic carbocycles. The highest BCUT2D eigenvalue weighted by atomic mass is 16.6. The number of likely N-dealkylation sites (tertiary alicyclic amines) is 2. The second kappa shape index (κ2) is 8.68. The van der Waals surface area contributed by atoms with Crippen LogP contribution < -0.4 is 10.6 Å². The molecule has 0 aromatic rings. The molecule has 2 aliphatic heterocycles. The van der Waals surface area contributed by atoms with E-state index in [0.717, 1.165) is 51.5 Å². The van der Waals surface area contributed by atoms with Crippen LogP contribution in [-0.2, 0) is 9.53 Å². The molecule has 2 atom stereocenters. The fourth-order valence-corrected chi connectivity index (χ4v) is 4.19. The third-order valence-corrected chi connectivity index (χ3v) is 5.55. The van der Waals surface area contributed by atoms with Crippen molar-refractivity contribution < 1.29 is 19.1 Å². The Labute approximate surface area is 167 Å². The van der Waals surface area contributed by atoms with Crippen LogP contribution in [0.15, 0.2) is 0 Å².